The molecule has 0 aliphatic heterocycles. The van der Waals surface area contributed by atoms with Crippen LogP contribution < -0.4 is 0 Å². The quantitative estimate of drug-likeness (QED) is 0.577. The van der Waals surface area contributed by atoms with Gasteiger partial charge in [-0.15, -0.1) is 0 Å². The molecule has 0 heterocycles. The van der Waals surface area contributed by atoms with Crippen molar-refractivity contribution in [1.82, 2.24) is 4.90 Å². The molecule has 1 aromatic rings. The van der Waals surface area contributed by atoms with Crippen molar-refractivity contribution in [1.29, 1.82) is 0 Å². The van der Waals surface area contributed by atoms with E-state index in [-0.39, 0.29) is 11.5 Å². The van der Waals surface area contributed by atoms with E-state index in [9.17, 15) is 10.1 Å². The maximum absolute atomic E-state index is 10.2. The van der Waals surface area contributed by atoms with Crippen molar-refractivity contribution < 1.29 is 4.92 Å². The van der Waals surface area contributed by atoms with Gasteiger partial charge in [0.1, 0.15) is 0 Å². The normalized spacial score (nSPS) is 9.83. The zero-order valence-electron chi connectivity index (χ0n) is 11.8. The molecule has 0 N–H and O–H groups in total. The maximum Gasteiger partial charge on any atom is 0.205 e. The van der Waals surface area contributed by atoms with Crippen molar-refractivity contribution in [2.75, 3.05) is 20.1 Å². The van der Waals surface area contributed by atoms with E-state index < -0.39 is 0 Å². The predicted molar refractivity (Wildman–Crippen MR) is 75.3 cm³/mol. The van der Waals surface area contributed by atoms with Gasteiger partial charge in [0.15, 0.2) is 0 Å². The monoisotopic (exact) mass is 252 g/mol. The Morgan fingerprint density at radius 2 is 1.89 bits per heavy atom. The number of hydrogen-bond donors (Lipinski definition) is 0. The minimum absolute atomic E-state index is 0.0537. The first kappa shape index (κ1) is 16.6. The Hall–Kier alpha value is -1.42. The first-order valence-corrected chi connectivity index (χ1v) is 6.44. The minimum Gasteiger partial charge on any atom is -0.302 e. The number of rotatable bonds is 6. The fraction of sp³-hybridized carbons (Fsp3) is 0.571. The van der Waals surface area contributed by atoms with Gasteiger partial charge >= 0.3 is 0 Å². The van der Waals surface area contributed by atoms with E-state index in [1.807, 2.05) is 33.0 Å². The number of hydrogen-bond acceptors (Lipinski definition) is 3. The Labute approximate surface area is 110 Å². The number of nitro groups is 1. The average Bonchev–Trinajstić information content (AvgIpc) is 2.34. The highest BCUT2D eigenvalue weighted by molar-refractivity contribution is 5.25. The summed E-state index contributed by atoms with van der Waals surface area (Å²) in [5.41, 5.74) is 2.55. The van der Waals surface area contributed by atoms with Crippen LogP contribution in [0, 0.1) is 17.0 Å². The smallest absolute Gasteiger partial charge is 0.205 e. The summed E-state index contributed by atoms with van der Waals surface area (Å²) < 4.78 is 0. The van der Waals surface area contributed by atoms with Crippen LogP contribution in [0.25, 0.3) is 0 Å². The molecule has 4 nitrogen and oxygen atoms in total. The second kappa shape index (κ2) is 9.59. The van der Waals surface area contributed by atoms with Gasteiger partial charge in [0.25, 0.3) is 0 Å². The summed E-state index contributed by atoms with van der Waals surface area (Å²) in [6.45, 7) is 7.75. The lowest BCUT2D eigenvalue weighted by atomic mass is 10.1. The van der Waals surface area contributed by atoms with E-state index in [1.54, 1.807) is 0 Å². The number of benzene rings is 1. The van der Waals surface area contributed by atoms with Crippen LogP contribution in [0.1, 0.15) is 31.4 Å². The van der Waals surface area contributed by atoms with Crippen LogP contribution >= 0.6 is 0 Å². The van der Waals surface area contributed by atoms with Crippen molar-refractivity contribution in [3.8, 4) is 0 Å². The Balaban J connectivity index is 0.00000137. The summed E-state index contributed by atoms with van der Waals surface area (Å²) in [4.78, 5) is 12.0. The minimum atomic E-state index is -0.262. The van der Waals surface area contributed by atoms with Gasteiger partial charge in [0.2, 0.25) is 6.54 Å². The van der Waals surface area contributed by atoms with Gasteiger partial charge in [0.05, 0.1) is 0 Å². The first-order valence-electron chi connectivity index (χ1n) is 6.44. The van der Waals surface area contributed by atoms with Crippen LogP contribution in [-0.2, 0) is 6.54 Å². The third kappa shape index (κ3) is 7.01. The van der Waals surface area contributed by atoms with Gasteiger partial charge in [-0.1, -0.05) is 38.1 Å². The molecular formula is C14H24N2O2. The van der Waals surface area contributed by atoms with Crippen LogP contribution in [0.5, 0.6) is 0 Å². The lowest BCUT2D eigenvalue weighted by Crippen LogP contribution is -2.21. The van der Waals surface area contributed by atoms with Crippen molar-refractivity contribution in [2.45, 2.75) is 33.7 Å². The Morgan fingerprint density at radius 1 is 1.28 bits per heavy atom. The third-order valence-corrected chi connectivity index (χ3v) is 2.58. The summed E-state index contributed by atoms with van der Waals surface area (Å²) in [6, 6.07) is 8.22. The fourth-order valence-corrected chi connectivity index (χ4v) is 1.63. The molecule has 1 aromatic carbocycles. The van der Waals surface area contributed by atoms with Crippen LogP contribution in [0.4, 0.5) is 0 Å². The number of nitrogens with zero attached hydrogens (tertiary/aromatic N) is 2. The summed E-state index contributed by atoms with van der Waals surface area (Å²) in [6.07, 6.45) is 0.607. The molecule has 0 saturated heterocycles. The van der Waals surface area contributed by atoms with E-state index >= 15 is 0 Å². The van der Waals surface area contributed by atoms with Gasteiger partial charge in [0, 0.05) is 24.4 Å². The SMILES string of the molecule is CC.Cc1ccccc1CN(C)CCC[N+](=O)[O-]. The Bertz CT molecular complexity index is 353. The van der Waals surface area contributed by atoms with Crippen LogP contribution in [0.3, 0.4) is 0 Å². The van der Waals surface area contributed by atoms with Gasteiger partial charge in [-0.3, -0.25) is 10.1 Å². The van der Waals surface area contributed by atoms with E-state index in [2.05, 4.69) is 24.0 Å². The maximum atomic E-state index is 10.2. The largest absolute Gasteiger partial charge is 0.302 e. The lowest BCUT2D eigenvalue weighted by molar-refractivity contribution is -0.480. The van der Waals surface area contributed by atoms with Gasteiger partial charge in [-0.2, -0.15) is 0 Å². The molecule has 1 rings (SSSR count). The van der Waals surface area contributed by atoms with Gasteiger partial charge in [-0.05, 0) is 25.1 Å². The van der Waals surface area contributed by atoms with Crippen molar-refractivity contribution >= 4 is 0 Å². The first-order chi connectivity index (χ1) is 8.59. The molecule has 0 saturated carbocycles. The molecular weight excluding hydrogens is 228 g/mol. The molecule has 0 unspecified atom stereocenters. The van der Waals surface area contributed by atoms with Crippen molar-refractivity contribution in [3.05, 3.63) is 45.5 Å². The van der Waals surface area contributed by atoms with Crippen LogP contribution in [0.2, 0.25) is 0 Å². The summed E-state index contributed by atoms with van der Waals surface area (Å²) in [5, 5.41) is 10.2. The van der Waals surface area contributed by atoms with E-state index in [1.165, 1.54) is 11.1 Å². The Kier molecular flexibility index (Phi) is 8.84. The lowest BCUT2D eigenvalue weighted by Gasteiger charge is -2.16. The molecule has 0 aromatic heterocycles. The molecule has 0 amide bonds. The zero-order valence-corrected chi connectivity index (χ0v) is 11.8. The fourth-order valence-electron chi connectivity index (χ4n) is 1.63. The highest BCUT2D eigenvalue weighted by Gasteiger charge is 2.04. The molecule has 18 heavy (non-hydrogen) atoms. The summed E-state index contributed by atoms with van der Waals surface area (Å²) >= 11 is 0. The molecule has 0 spiro atoms. The summed E-state index contributed by atoms with van der Waals surface area (Å²) in [5.74, 6) is 0. The zero-order chi connectivity index (χ0) is 14.0. The molecule has 0 aliphatic carbocycles. The molecule has 0 aliphatic rings. The van der Waals surface area contributed by atoms with Crippen molar-refractivity contribution in [3.63, 3.8) is 0 Å². The second-order valence-corrected chi connectivity index (χ2v) is 4.07. The summed E-state index contributed by atoms with van der Waals surface area (Å²) in [7, 11) is 1.99. The molecule has 0 fully saturated rings. The second-order valence-electron chi connectivity index (χ2n) is 4.07. The van der Waals surface area contributed by atoms with E-state index in [4.69, 9.17) is 0 Å². The number of aryl methyl sites for hydroxylation is 1. The van der Waals surface area contributed by atoms with Crippen LogP contribution in [-0.4, -0.2) is 30.0 Å². The average molecular weight is 252 g/mol. The van der Waals surface area contributed by atoms with E-state index in [0.29, 0.717) is 6.42 Å². The van der Waals surface area contributed by atoms with Crippen LogP contribution in [0.15, 0.2) is 24.3 Å². The molecule has 4 heteroatoms. The molecule has 0 radical (unpaired) electrons. The molecule has 0 bridgehead atoms. The van der Waals surface area contributed by atoms with Crippen molar-refractivity contribution in [2.24, 2.45) is 0 Å². The third-order valence-electron chi connectivity index (χ3n) is 2.58. The highest BCUT2D eigenvalue weighted by Crippen LogP contribution is 2.09. The van der Waals surface area contributed by atoms with Gasteiger partial charge in [-0.25, -0.2) is 0 Å². The van der Waals surface area contributed by atoms with E-state index in [0.717, 1.165) is 13.1 Å². The molecule has 0 atom stereocenters. The Morgan fingerprint density at radius 3 is 2.44 bits per heavy atom. The topological polar surface area (TPSA) is 46.4 Å². The molecule has 102 valence electrons. The highest BCUT2D eigenvalue weighted by atomic mass is 16.6. The standard InChI is InChI=1S/C12H18N2O2.C2H6/c1-11-6-3-4-7-12(11)10-13(2)8-5-9-14(15)16;1-2/h3-4,6-7H,5,8-10H2,1-2H3;1-2H3. The predicted octanol–water partition coefficient (Wildman–Crippen LogP) is 3.12. The van der Waals surface area contributed by atoms with Gasteiger partial charge < -0.3 is 4.90 Å².